The molecule has 6 N–H and O–H groups in total. The third kappa shape index (κ3) is 49.0. The fourth-order valence-corrected chi connectivity index (χ4v) is 11.1. The zero-order valence-corrected chi connectivity index (χ0v) is 53.5. The summed E-state index contributed by atoms with van der Waals surface area (Å²) in [6.45, 7) is 4.32. The van der Waals surface area contributed by atoms with Crippen LogP contribution in [0.3, 0.4) is 0 Å². The molecule has 0 aromatic carbocycles. The molecule has 1 amide bonds. The molecule has 482 valence electrons. The molecule has 0 aromatic rings. The van der Waals surface area contributed by atoms with Crippen LogP contribution >= 0.6 is 0 Å². The molecule has 11 nitrogen and oxygen atoms in total. The fraction of sp³-hybridized carbons (Fsp3) is 0.887. The molecule has 1 aliphatic heterocycles. The Labute approximate surface area is 504 Å². The van der Waals surface area contributed by atoms with E-state index in [-0.39, 0.29) is 18.5 Å². The normalized spacial score (nSPS) is 18.4. The third-order valence-electron chi connectivity index (χ3n) is 16.7. The van der Waals surface area contributed by atoms with Crippen molar-refractivity contribution in [3.8, 4) is 0 Å². The Morgan fingerprint density at radius 2 is 0.793 bits per heavy atom. The molecule has 0 aromatic heterocycles. The van der Waals surface area contributed by atoms with Gasteiger partial charge in [0.1, 0.15) is 24.4 Å². The molecule has 0 bridgehead atoms. The quantitative estimate of drug-likeness (QED) is 0.0195. The topological polar surface area (TPSA) is 175 Å². The number of aliphatic hydroxyl groups excluding tert-OH is 5. The number of unbranched alkanes of at least 4 members (excludes halogenated alkanes) is 44. The fourth-order valence-electron chi connectivity index (χ4n) is 11.1. The van der Waals surface area contributed by atoms with Crippen molar-refractivity contribution in [1.29, 1.82) is 0 Å². The van der Waals surface area contributed by atoms with Crippen molar-refractivity contribution >= 4 is 11.9 Å². The minimum Gasteiger partial charge on any atom is -0.466 e. The molecule has 0 aliphatic carbocycles. The maximum absolute atomic E-state index is 13.0. The first-order valence-corrected chi connectivity index (χ1v) is 35.3. The van der Waals surface area contributed by atoms with Gasteiger partial charge in [-0.1, -0.05) is 288 Å². The first kappa shape index (κ1) is 77.9. The van der Waals surface area contributed by atoms with Gasteiger partial charge in [0.15, 0.2) is 6.29 Å². The van der Waals surface area contributed by atoms with E-state index >= 15 is 0 Å². The van der Waals surface area contributed by atoms with Crippen molar-refractivity contribution in [2.75, 3.05) is 19.8 Å². The molecular formula is C71H133NO10. The number of amides is 1. The lowest BCUT2D eigenvalue weighted by atomic mass is 9.99. The number of aliphatic hydroxyl groups is 5. The SMILES string of the molecule is CCCC/C=C\CCCCCCCC(=O)OCCCCCCCCCCCCCC/C=C\CCCCCCCCCCCCCCCCCCCC(=O)NC(COC1OC(CO)C(O)C(O)C1O)C(O)/C=C/CCCCCCCCCC. The molecule has 0 saturated carbocycles. The van der Waals surface area contributed by atoms with E-state index < -0.39 is 49.5 Å². The Morgan fingerprint density at radius 3 is 1.21 bits per heavy atom. The monoisotopic (exact) mass is 1160 g/mol. The van der Waals surface area contributed by atoms with Crippen molar-refractivity contribution < 1.29 is 49.3 Å². The summed E-state index contributed by atoms with van der Waals surface area (Å²) in [7, 11) is 0. The van der Waals surface area contributed by atoms with Gasteiger partial charge in [-0.25, -0.2) is 0 Å². The average molecular weight is 1160 g/mol. The van der Waals surface area contributed by atoms with Gasteiger partial charge in [0.25, 0.3) is 0 Å². The third-order valence-corrected chi connectivity index (χ3v) is 16.7. The second-order valence-electron chi connectivity index (χ2n) is 24.6. The van der Waals surface area contributed by atoms with Crippen molar-refractivity contribution in [2.24, 2.45) is 0 Å². The number of allylic oxidation sites excluding steroid dienone is 5. The van der Waals surface area contributed by atoms with Gasteiger partial charge in [-0.15, -0.1) is 0 Å². The van der Waals surface area contributed by atoms with Crippen LogP contribution in [-0.2, 0) is 23.8 Å². The van der Waals surface area contributed by atoms with Crippen LogP contribution in [0.25, 0.3) is 0 Å². The Balaban J connectivity index is 1.92. The summed E-state index contributed by atoms with van der Waals surface area (Å²) >= 11 is 0. The Bertz CT molecular complexity index is 1460. The minimum absolute atomic E-state index is 0.000365. The largest absolute Gasteiger partial charge is 0.466 e. The summed E-state index contributed by atoms with van der Waals surface area (Å²) in [5.41, 5.74) is 0. The number of carbonyl (C=O) groups is 2. The lowest BCUT2D eigenvalue weighted by Gasteiger charge is -2.40. The van der Waals surface area contributed by atoms with Gasteiger partial charge in [0.2, 0.25) is 5.91 Å². The van der Waals surface area contributed by atoms with Gasteiger partial charge >= 0.3 is 5.97 Å². The molecule has 1 saturated heterocycles. The maximum Gasteiger partial charge on any atom is 0.305 e. The molecule has 1 rings (SSSR count). The summed E-state index contributed by atoms with van der Waals surface area (Å²) in [4.78, 5) is 25.0. The van der Waals surface area contributed by atoms with E-state index in [1.807, 2.05) is 6.08 Å². The van der Waals surface area contributed by atoms with E-state index in [2.05, 4.69) is 43.5 Å². The molecule has 0 spiro atoms. The number of rotatable bonds is 62. The number of esters is 1. The highest BCUT2D eigenvalue weighted by Gasteiger charge is 2.44. The van der Waals surface area contributed by atoms with Crippen molar-refractivity contribution in [3.63, 3.8) is 0 Å². The zero-order chi connectivity index (χ0) is 59.5. The van der Waals surface area contributed by atoms with Crippen LogP contribution in [0.15, 0.2) is 36.5 Å². The van der Waals surface area contributed by atoms with Crippen LogP contribution in [0.1, 0.15) is 341 Å². The second-order valence-corrected chi connectivity index (χ2v) is 24.6. The van der Waals surface area contributed by atoms with Crippen LogP contribution in [0.5, 0.6) is 0 Å². The van der Waals surface area contributed by atoms with Gasteiger partial charge < -0.3 is 45.1 Å². The summed E-state index contributed by atoms with van der Waals surface area (Å²) in [5, 5.41) is 54.4. The average Bonchev–Trinajstić information content (AvgIpc) is 3.68. The number of nitrogens with one attached hydrogen (secondary N) is 1. The molecular weight excluding hydrogens is 1030 g/mol. The van der Waals surface area contributed by atoms with E-state index in [1.54, 1.807) is 6.08 Å². The Morgan fingerprint density at radius 1 is 0.439 bits per heavy atom. The molecule has 11 heteroatoms. The number of ether oxygens (including phenoxy) is 3. The van der Waals surface area contributed by atoms with Crippen LogP contribution in [0.4, 0.5) is 0 Å². The Kier molecular flexibility index (Phi) is 57.5. The van der Waals surface area contributed by atoms with Crippen molar-refractivity contribution in [3.05, 3.63) is 36.5 Å². The zero-order valence-electron chi connectivity index (χ0n) is 53.5. The highest BCUT2D eigenvalue weighted by Crippen LogP contribution is 2.23. The van der Waals surface area contributed by atoms with Crippen LogP contribution in [0.2, 0.25) is 0 Å². The van der Waals surface area contributed by atoms with E-state index in [0.717, 1.165) is 57.8 Å². The van der Waals surface area contributed by atoms with Gasteiger partial charge in [-0.05, 0) is 77.0 Å². The number of hydrogen-bond donors (Lipinski definition) is 6. The number of carbonyl (C=O) groups excluding carboxylic acids is 2. The van der Waals surface area contributed by atoms with E-state index in [1.165, 1.54) is 257 Å². The highest BCUT2D eigenvalue weighted by molar-refractivity contribution is 5.76. The van der Waals surface area contributed by atoms with Gasteiger partial charge in [-0.3, -0.25) is 9.59 Å². The molecule has 1 fully saturated rings. The van der Waals surface area contributed by atoms with Crippen LogP contribution in [0, 0.1) is 0 Å². The molecule has 7 atom stereocenters. The molecule has 1 aliphatic rings. The lowest BCUT2D eigenvalue weighted by Crippen LogP contribution is -2.60. The summed E-state index contributed by atoms with van der Waals surface area (Å²) in [5.74, 6) is -0.178. The predicted octanol–water partition coefficient (Wildman–Crippen LogP) is 17.8. The molecule has 82 heavy (non-hydrogen) atoms. The van der Waals surface area contributed by atoms with E-state index in [0.29, 0.717) is 19.4 Å². The van der Waals surface area contributed by atoms with E-state index in [4.69, 9.17) is 14.2 Å². The van der Waals surface area contributed by atoms with Crippen molar-refractivity contribution in [1.82, 2.24) is 5.32 Å². The second kappa shape index (κ2) is 60.6. The summed E-state index contributed by atoms with van der Waals surface area (Å²) < 4.78 is 16.7. The van der Waals surface area contributed by atoms with Crippen LogP contribution < -0.4 is 5.32 Å². The van der Waals surface area contributed by atoms with Gasteiger partial charge in [-0.2, -0.15) is 0 Å². The first-order chi connectivity index (χ1) is 40.2. The summed E-state index contributed by atoms with van der Waals surface area (Å²) in [6.07, 6.45) is 67.2. The molecule has 7 unspecified atom stereocenters. The predicted molar refractivity (Wildman–Crippen MR) is 343 cm³/mol. The maximum atomic E-state index is 13.0. The standard InChI is InChI=1S/C71H133NO10/c1-3-5-7-9-11-13-38-43-47-51-55-59-67(76)80-60-56-52-48-44-40-37-35-33-31-29-27-25-23-21-19-17-15-16-18-20-22-24-26-28-30-32-34-36-39-42-46-50-54-58-66(75)72-63(62-81-71-70(79)69(78)68(77)65(61-73)82-71)64(74)57-53-49-45-41-14-12-10-8-6-4-2/h9,11,19,21,53,57,63-65,68-71,73-74,77-79H,3-8,10,12-18,20,22-52,54-56,58-62H2,1-2H3,(H,72,75)/b11-9-,21-19-,57-53+. The highest BCUT2D eigenvalue weighted by atomic mass is 16.7. The number of hydrogen-bond acceptors (Lipinski definition) is 10. The Hall–Kier alpha value is -2.12. The van der Waals surface area contributed by atoms with Crippen molar-refractivity contribution in [2.45, 2.75) is 384 Å². The first-order valence-electron chi connectivity index (χ1n) is 35.3. The van der Waals surface area contributed by atoms with E-state index in [9.17, 15) is 35.1 Å². The van der Waals surface area contributed by atoms with Gasteiger partial charge in [0.05, 0.1) is 32.0 Å². The summed E-state index contributed by atoms with van der Waals surface area (Å²) in [6, 6.07) is -0.806. The lowest BCUT2D eigenvalue weighted by molar-refractivity contribution is -0.302. The smallest absolute Gasteiger partial charge is 0.305 e. The van der Waals surface area contributed by atoms with Gasteiger partial charge in [0, 0.05) is 12.8 Å². The molecule has 1 heterocycles. The van der Waals surface area contributed by atoms with Crippen LogP contribution in [-0.4, -0.2) is 100 Å². The minimum atomic E-state index is -1.57. The molecule has 0 radical (unpaired) electrons.